The third-order valence-corrected chi connectivity index (χ3v) is 4.41. The average Bonchev–Trinajstić information content (AvgIpc) is 2.34. The summed E-state index contributed by atoms with van der Waals surface area (Å²) in [5.74, 6) is -0.701. The first kappa shape index (κ1) is 17.2. The molecule has 0 saturated heterocycles. The maximum Gasteiger partial charge on any atom is 0.293 e. The second kappa shape index (κ2) is 6.72. The van der Waals surface area contributed by atoms with E-state index in [4.69, 9.17) is 17.3 Å². The number of nitro benzene ring substituents is 1. The summed E-state index contributed by atoms with van der Waals surface area (Å²) in [6, 6.07) is 1.69. The zero-order chi connectivity index (χ0) is 16.2. The predicted molar refractivity (Wildman–Crippen MR) is 77.4 cm³/mol. The van der Waals surface area contributed by atoms with Crippen LogP contribution in [0.2, 0.25) is 5.02 Å². The standard InChI is InChI=1S/C11H14ClN3O5S/c1-2-3-4-11(16)14-21(19,20)10-6-9(15(17)18)8(13)5-7(10)12/h5-6H,2-4,13H2,1H3,(H,14,16). The molecule has 0 bridgehead atoms. The molecule has 1 aromatic carbocycles. The van der Waals surface area contributed by atoms with E-state index >= 15 is 0 Å². The fourth-order valence-corrected chi connectivity index (χ4v) is 3.09. The summed E-state index contributed by atoms with van der Waals surface area (Å²) in [6.45, 7) is 1.85. The molecule has 1 aromatic rings. The topological polar surface area (TPSA) is 132 Å². The summed E-state index contributed by atoms with van der Waals surface area (Å²) < 4.78 is 25.9. The van der Waals surface area contributed by atoms with E-state index in [1.165, 1.54) is 0 Å². The highest BCUT2D eigenvalue weighted by Crippen LogP contribution is 2.31. The second-order valence-electron chi connectivity index (χ2n) is 4.23. The average molecular weight is 336 g/mol. The van der Waals surface area contributed by atoms with Gasteiger partial charge in [-0.25, -0.2) is 13.1 Å². The van der Waals surface area contributed by atoms with Crippen LogP contribution in [0.5, 0.6) is 0 Å². The molecular formula is C11H14ClN3O5S. The molecule has 10 heteroatoms. The van der Waals surface area contributed by atoms with Crippen LogP contribution in [0.25, 0.3) is 0 Å². The van der Waals surface area contributed by atoms with Crippen LogP contribution in [0.3, 0.4) is 0 Å². The van der Waals surface area contributed by atoms with E-state index in [2.05, 4.69) is 0 Å². The van der Waals surface area contributed by atoms with Gasteiger partial charge in [0.1, 0.15) is 10.6 Å². The van der Waals surface area contributed by atoms with Crippen molar-refractivity contribution in [3.8, 4) is 0 Å². The van der Waals surface area contributed by atoms with E-state index in [0.29, 0.717) is 6.42 Å². The van der Waals surface area contributed by atoms with Gasteiger partial charge in [-0.15, -0.1) is 0 Å². The van der Waals surface area contributed by atoms with E-state index in [1.54, 1.807) is 0 Å². The van der Waals surface area contributed by atoms with Crippen LogP contribution in [0.1, 0.15) is 26.2 Å². The lowest BCUT2D eigenvalue weighted by atomic mass is 10.2. The van der Waals surface area contributed by atoms with Gasteiger partial charge in [0.15, 0.2) is 0 Å². The number of unbranched alkanes of at least 4 members (excludes halogenated alkanes) is 1. The number of halogens is 1. The van der Waals surface area contributed by atoms with E-state index in [-0.39, 0.29) is 17.1 Å². The Morgan fingerprint density at radius 1 is 1.48 bits per heavy atom. The summed E-state index contributed by atoms with van der Waals surface area (Å²) in [5, 5.41) is 10.5. The van der Waals surface area contributed by atoms with Crippen molar-refractivity contribution in [2.75, 3.05) is 5.73 Å². The quantitative estimate of drug-likeness (QED) is 0.463. The number of nitrogen functional groups attached to an aromatic ring is 1. The molecule has 0 spiro atoms. The highest BCUT2D eigenvalue weighted by Gasteiger charge is 2.25. The van der Waals surface area contributed by atoms with Gasteiger partial charge in [-0.3, -0.25) is 14.9 Å². The minimum atomic E-state index is -4.28. The molecule has 0 heterocycles. The van der Waals surface area contributed by atoms with Crippen LogP contribution in [0.4, 0.5) is 11.4 Å². The largest absolute Gasteiger partial charge is 0.393 e. The Morgan fingerprint density at radius 3 is 2.62 bits per heavy atom. The Kier molecular flexibility index (Phi) is 5.50. The zero-order valence-electron chi connectivity index (χ0n) is 11.1. The van der Waals surface area contributed by atoms with Crippen molar-refractivity contribution in [2.24, 2.45) is 0 Å². The molecule has 0 aromatic heterocycles. The van der Waals surface area contributed by atoms with Crippen molar-refractivity contribution >= 4 is 38.9 Å². The van der Waals surface area contributed by atoms with Crippen molar-refractivity contribution in [2.45, 2.75) is 31.1 Å². The second-order valence-corrected chi connectivity index (χ2v) is 6.29. The number of benzene rings is 1. The summed E-state index contributed by atoms with van der Waals surface area (Å²) in [5.41, 5.74) is 4.53. The fourth-order valence-electron chi connectivity index (χ4n) is 1.52. The highest BCUT2D eigenvalue weighted by atomic mass is 35.5. The van der Waals surface area contributed by atoms with Gasteiger partial charge in [0.2, 0.25) is 5.91 Å². The summed E-state index contributed by atoms with van der Waals surface area (Å²) in [4.78, 5) is 20.9. The monoisotopic (exact) mass is 335 g/mol. The summed E-state index contributed by atoms with van der Waals surface area (Å²) in [6.07, 6.45) is 1.28. The number of amides is 1. The third-order valence-electron chi connectivity index (χ3n) is 2.57. The molecule has 8 nitrogen and oxygen atoms in total. The molecule has 1 amide bonds. The number of hydrogen-bond acceptors (Lipinski definition) is 6. The van der Waals surface area contributed by atoms with E-state index in [1.807, 2.05) is 11.6 Å². The maximum atomic E-state index is 12.0. The van der Waals surface area contributed by atoms with Crippen molar-refractivity contribution in [1.82, 2.24) is 4.72 Å². The number of sulfonamides is 1. The molecule has 116 valence electrons. The maximum absolute atomic E-state index is 12.0. The van der Waals surface area contributed by atoms with E-state index in [0.717, 1.165) is 18.6 Å². The van der Waals surface area contributed by atoms with E-state index < -0.39 is 31.4 Å². The molecule has 0 aliphatic carbocycles. The number of nitro groups is 1. The molecule has 0 radical (unpaired) electrons. The summed E-state index contributed by atoms with van der Waals surface area (Å²) >= 11 is 5.75. The molecule has 1 rings (SSSR count). The van der Waals surface area contributed by atoms with Crippen LogP contribution in [0, 0.1) is 10.1 Å². The molecule has 0 aliphatic rings. The van der Waals surface area contributed by atoms with Crippen LogP contribution in [0.15, 0.2) is 17.0 Å². The zero-order valence-corrected chi connectivity index (χ0v) is 12.7. The number of nitrogens with zero attached hydrogens (tertiary/aromatic N) is 1. The Balaban J connectivity index is 3.17. The Morgan fingerprint density at radius 2 is 2.10 bits per heavy atom. The molecular weight excluding hydrogens is 322 g/mol. The Labute approximate surface area is 126 Å². The van der Waals surface area contributed by atoms with Gasteiger partial charge in [0.05, 0.1) is 9.95 Å². The smallest absolute Gasteiger partial charge is 0.293 e. The summed E-state index contributed by atoms with van der Waals surface area (Å²) in [7, 11) is -4.28. The van der Waals surface area contributed by atoms with Crippen LogP contribution in [-0.4, -0.2) is 19.2 Å². The minimum Gasteiger partial charge on any atom is -0.393 e. The van der Waals surface area contributed by atoms with Crippen molar-refractivity contribution in [1.29, 1.82) is 0 Å². The highest BCUT2D eigenvalue weighted by molar-refractivity contribution is 7.90. The van der Waals surface area contributed by atoms with Crippen molar-refractivity contribution < 1.29 is 18.1 Å². The van der Waals surface area contributed by atoms with Gasteiger partial charge in [0.25, 0.3) is 15.7 Å². The van der Waals surface area contributed by atoms with Gasteiger partial charge in [-0.2, -0.15) is 0 Å². The van der Waals surface area contributed by atoms with Gasteiger partial charge in [-0.1, -0.05) is 24.9 Å². The number of rotatable bonds is 6. The molecule has 3 N–H and O–H groups in total. The SMILES string of the molecule is CCCCC(=O)NS(=O)(=O)c1cc([N+](=O)[O-])c(N)cc1Cl. The molecule has 0 atom stereocenters. The van der Waals surface area contributed by atoms with E-state index in [9.17, 15) is 23.3 Å². The Bertz CT molecular complexity index is 675. The first-order valence-corrected chi connectivity index (χ1v) is 7.84. The fraction of sp³-hybridized carbons (Fsp3) is 0.364. The van der Waals surface area contributed by atoms with Gasteiger partial charge < -0.3 is 5.73 Å². The van der Waals surface area contributed by atoms with Gasteiger partial charge >= 0.3 is 0 Å². The Hall–Kier alpha value is -1.87. The predicted octanol–water partition coefficient (Wildman–Crippen LogP) is 1.83. The lowest BCUT2D eigenvalue weighted by molar-refractivity contribution is -0.384. The number of hydrogen-bond donors (Lipinski definition) is 2. The van der Waals surface area contributed by atoms with Crippen LogP contribution >= 0.6 is 11.6 Å². The number of carbonyl (C=O) groups is 1. The van der Waals surface area contributed by atoms with Crippen LogP contribution in [-0.2, 0) is 14.8 Å². The number of carbonyl (C=O) groups excluding carboxylic acids is 1. The first-order valence-electron chi connectivity index (χ1n) is 5.98. The van der Waals surface area contributed by atoms with Gasteiger partial charge in [-0.05, 0) is 12.5 Å². The molecule has 21 heavy (non-hydrogen) atoms. The van der Waals surface area contributed by atoms with Crippen molar-refractivity contribution in [3.05, 3.63) is 27.3 Å². The molecule has 0 saturated carbocycles. The molecule has 0 aliphatic heterocycles. The van der Waals surface area contributed by atoms with Crippen LogP contribution < -0.4 is 10.5 Å². The molecule has 0 unspecified atom stereocenters. The number of anilines is 1. The van der Waals surface area contributed by atoms with Gasteiger partial charge in [0, 0.05) is 12.5 Å². The lowest BCUT2D eigenvalue weighted by Gasteiger charge is -2.09. The lowest BCUT2D eigenvalue weighted by Crippen LogP contribution is -2.30. The number of nitrogens with two attached hydrogens (primary N) is 1. The normalized spacial score (nSPS) is 11.1. The minimum absolute atomic E-state index is 0.0322. The number of nitrogens with one attached hydrogen (secondary N) is 1. The van der Waals surface area contributed by atoms with Crippen molar-refractivity contribution in [3.63, 3.8) is 0 Å². The third kappa shape index (κ3) is 4.30. The molecule has 0 fully saturated rings. The first-order chi connectivity index (χ1) is 9.69.